The summed E-state index contributed by atoms with van der Waals surface area (Å²) < 4.78 is 11.4. The summed E-state index contributed by atoms with van der Waals surface area (Å²) in [6.07, 6.45) is -0.739. The van der Waals surface area contributed by atoms with Crippen LogP contribution in [0.4, 0.5) is 0 Å². The molecule has 1 heterocycles. The average Bonchev–Trinajstić information content (AvgIpc) is 3.53. The molecule has 138 valence electrons. The molecule has 2 atom stereocenters. The van der Waals surface area contributed by atoms with Crippen LogP contribution in [0.3, 0.4) is 0 Å². The fourth-order valence-corrected chi connectivity index (χ4v) is 3.07. The second-order valence-corrected chi connectivity index (χ2v) is 6.78. The Morgan fingerprint density at radius 3 is 2.46 bits per heavy atom. The van der Waals surface area contributed by atoms with E-state index in [0.717, 1.165) is 11.1 Å². The summed E-state index contributed by atoms with van der Waals surface area (Å²) in [5.74, 6) is 6.43. The molecule has 3 nitrogen and oxygen atoms in total. The van der Waals surface area contributed by atoms with Crippen molar-refractivity contribution in [1.29, 1.82) is 0 Å². The lowest BCUT2D eigenvalue weighted by atomic mass is 10.0. The SMILES string of the molecule is O=C(c1ccccc1OCC#Cc1ccccc1)[C@H]1O[C@@H]1c1ccc(Cl)cc1. The Kier molecular flexibility index (Phi) is 5.43. The minimum Gasteiger partial charge on any atom is -0.480 e. The maximum absolute atomic E-state index is 12.9. The van der Waals surface area contributed by atoms with Crippen LogP contribution in [0.1, 0.15) is 27.6 Å². The highest BCUT2D eigenvalue weighted by molar-refractivity contribution is 6.30. The summed E-state index contributed by atoms with van der Waals surface area (Å²) in [6, 6.07) is 24.2. The number of ether oxygens (including phenoxy) is 2. The molecule has 0 amide bonds. The van der Waals surface area contributed by atoms with E-state index in [1.807, 2.05) is 54.6 Å². The predicted octanol–water partition coefficient (Wildman–Crippen LogP) is 5.09. The standard InChI is InChI=1S/C24H17ClO3/c25-19-14-12-18(13-15-19)23-24(28-23)22(26)20-10-4-5-11-21(20)27-16-6-9-17-7-2-1-3-8-17/h1-5,7-8,10-15,23-24H,16H2/t23-,24-/m1/s1. The molecule has 3 aromatic rings. The summed E-state index contributed by atoms with van der Waals surface area (Å²) in [6.45, 7) is 0.200. The first-order chi connectivity index (χ1) is 13.7. The number of rotatable bonds is 5. The Hall–Kier alpha value is -3.06. The highest BCUT2D eigenvalue weighted by Crippen LogP contribution is 2.41. The van der Waals surface area contributed by atoms with Crippen molar-refractivity contribution in [3.05, 3.63) is 101 Å². The molecule has 0 bridgehead atoms. The average molecular weight is 389 g/mol. The van der Waals surface area contributed by atoms with E-state index in [-0.39, 0.29) is 18.5 Å². The van der Waals surface area contributed by atoms with Crippen molar-refractivity contribution in [1.82, 2.24) is 0 Å². The van der Waals surface area contributed by atoms with Gasteiger partial charge in [0.1, 0.15) is 18.5 Å². The molecular weight excluding hydrogens is 372 g/mol. The highest BCUT2D eigenvalue weighted by Gasteiger charge is 2.46. The van der Waals surface area contributed by atoms with Crippen LogP contribution in [0.5, 0.6) is 5.75 Å². The molecule has 0 aliphatic carbocycles. The van der Waals surface area contributed by atoms with Crippen molar-refractivity contribution in [2.24, 2.45) is 0 Å². The van der Waals surface area contributed by atoms with Gasteiger partial charge in [0, 0.05) is 10.6 Å². The lowest BCUT2D eigenvalue weighted by molar-refractivity contribution is 0.0950. The molecule has 4 rings (SSSR count). The largest absolute Gasteiger partial charge is 0.480 e. The molecule has 0 radical (unpaired) electrons. The molecular formula is C24H17ClO3. The topological polar surface area (TPSA) is 38.8 Å². The van der Waals surface area contributed by atoms with Crippen molar-refractivity contribution >= 4 is 17.4 Å². The fraction of sp³-hybridized carbons (Fsp3) is 0.125. The normalized spacial score (nSPS) is 17.3. The Balaban J connectivity index is 1.42. The van der Waals surface area contributed by atoms with Crippen molar-refractivity contribution in [2.45, 2.75) is 12.2 Å². The number of carbonyl (C=O) groups is 1. The van der Waals surface area contributed by atoms with Gasteiger partial charge in [0.05, 0.1) is 5.56 Å². The second kappa shape index (κ2) is 8.31. The monoisotopic (exact) mass is 388 g/mol. The van der Waals surface area contributed by atoms with Crippen molar-refractivity contribution in [3.8, 4) is 17.6 Å². The van der Waals surface area contributed by atoms with Crippen LogP contribution < -0.4 is 4.74 Å². The van der Waals surface area contributed by atoms with Crippen LogP contribution in [0, 0.1) is 11.8 Å². The lowest BCUT2D eigenvalue weighted by Gasteiger charge is -2.07. The van der Waals surface area contributed by atoms with Gasteiger partial charge in [-0.25, -0.2) is 0 Å². The Morgan fingerprint density at radius 2 is 1.68 bits per heavy atom. The van der Waals surface area contributed by atoms with Crippen molar-refractivity contribution in [3.63, 3.8) is 0 Å². The van der Waals surface area contributed by atoms with Gasteiger partial charge >= 0.3 is 0 Å². The van der Waals surface area contributed by atoms with Gasteiger partial charge < -0.3 is 9.47 Å². The van der Waals surface area contributed by atoms with E-state index in [1.165, 1.54) is 0 Å². The number of carbonyl (C=O) groups excluding carboxylic acids is 1. The van der Waals surface area contributed by atoms with E-state index in [0.29, 0.717) is 16.3 Å². The summed E-state index contributed by atoms with van der Waals surface area (Å²) in [4.78, 5) is 12.9. The fourth-order valence-electron chi connectivity index (χ4n) is 2.94. The minimum atomic E-state index is -0.499. The number of epoxide rings is 1. The zero-order valence-electron chi connectivity index (χ0n) is 15.0. The molecule has 1 fully saturated rings. The lowest BCUT2D eigenvalue weighted by Crippen LogP contribution is -2.11. The van der Waals surface area contributed by atoms with Gasteiger partial charge in [0.25, 0.3) is 0 Å². The third-order valence-electron chi connectivity index (χ3n) is 4.41. The molecule has 0 aromatic heterocycles. The number of Topliss-reactive ketones (excluding diaryl/α,β-unsaturated/α-hetero) is 1. The molecule has 0 saturated carbocycles. The third kappa shape index (κ3) is 4.26. The number of ketones is 1. The van der Waals surface area contributed by atoms with Gasteiger partial charge in [0.15, 0.2) is 11.9 Å². The van der Waals surface area contributed by atoms with Crippen LogP contribution in [0.15, 0.2) is 78.9 Å². The zero-order valence-corrected chi connectivity index (χ0v) is 15.7. The summed E-state index contributed by atoms with van der Waals surface area (Å²) in [5.41, 5.74) is 2.37. The van der Waals surface area contributed by atoms with Gasteiger partial charge in [-0.15, -0.1) is 0 Å². The van der Waals surface area contributed by atoms with E-state index < -0.39 is 6.10 Å². The van der Waals surface area contributed by atoms with Gasteiger partial charge in [-0.05, 0) is 42.0 Å². The van der Waals surface area contributed by atoms with Crippen LogP contribution >= 0.6 is 11.6 Å². The number of para-hydroxylation sites is 1. The van der Waals surface area contributed by atoms with Crippen LogP contribution in [-0.2, 0) is 4.74 Å². The van der Waals surface area contributed by atoms with Crippen molar-refractivity contribution in [2.75, 3.05) is 6.61 Å². The maximum atomic E-state index is 12.9. The van der Waals surface area contributed by atoms with Gasteiger partial charge in [0.2, 0.25) is 0 Å². The molecule has 3 aromatic carbocycles. The molecule has 1 aliphatic heterocycles. The third-order valence-corrected chi connectivity index (χ3v) is 4.66. The van der Waals surface area contributed by atoms with Gasteiger partial charge in [-0.2, -0.15) is 0 Å². The molecule has 0 unspecified atom stereocenters. The zero-order chi connectivity index (χ0) is 19.3. The molecule has 28 heavy (non-hydrogen) atoms. The molecule has 0 N–H and O–H groups in total. The quantitative estimate of drug-likeness (QED) is 0.347. The van der Waals surface area contributed by atoms with E-state index >= 15 is 0 Å². The van der Waals surface area contributed by atoms with E-state index in [2.05, 4.69) is 11.8 Å². The number of hydrogen-bond donors (Lipinski definition) is 0. The smallest absolute Gasteiger partial charge is 0.198 e. The molecule has 0 spiro atoms. The van der Waals surface area contributed by atoms with Crippen LogP contribution in [-0.4, -0.2) is 18.5 Å². The molecule has 1 saturated heterocycles. The first-order valence-corrected chi connectivity index (χ1v) is 9.31. The van der Waals surface area contributed by atoms with E-state index in [1.54, 1.807) is 24.3 Å². The van der Waals surface area contributed by atoms with E-state index in [4.69, 9.17) is 21.1 Å². The first-order valence-electron chi connectivity index (χ1n) is 8.93. The summed E-state index contributed by atoms with van der Waals surface area (Å²) >= 11 is 5.92. The van der Waals surface area contributed by atoms with Crippen molar-refractivity contribution < 1.29 is 14.3 Å². The Morgan fingerprint density at radius 1 is 0.964 bits per heavy atom. The molecule has 1 aliphatic rings. The minimum absolute atomic E-state index is 0.0911. The predicted molar refractivity (Wildman–Crippen MR) is 109 cm³/mol. The Bertz CT molecular complexity index is 1030. The summed E-state index contributed by atoms with van der Waals surface area (Å²) in [7, 11) is 0. The first kappa shape index (κ1) is 18.3. The molecule has 4 heteroatoms. The Labute approximate surface area is 168 Å². The van der Waals surface area contributed by atoms with Gasteiger partial charge in [-0.1, -0.05) is 65.9 Å². The maximum Gasteiger partial charge on any atom is 0.198 e. The van der Waals surface area contributed by atoms with Crippen LogP contribution in [0.25, 0.3) is 0 Å². The highest BCUT2D eigenvalue weighted by atomic mass is 35.5. The second-order valence-electron chi connectivity index (χ2n) is 6.35. The number of halogens is 1. The van der Waals surface area contributed by atoms with Gasteiger partial charge in [-0.3, -0.25) is 4.79 Å². The number of benzene rings is 3. The summed E-state index contributed by atoms with van der Waals surface area (Å²) in [5, 5.41) is 0.655. The number of hydrogen-bond acceptors (Lipinski definition) is 3. The van der Waals surface area contributed by atoms with E-state index in [9.17, 15) is 4.79 Å². The van der Waals surface area contributed by atoms with Crippen LogP contribution in [0.2, 0.25) is 5.02 Å².